The molecule has 4 N–H and O–H groups in total. The van der Waals surface area contributed by atoms with Crippen molar-refractivity contribution in [2.45, 2.75) is 302 Å². The van der Waals surface area contributed by atoms with Crippen molar-refractivity contribution in [1.82, 2.24) is 5.32 Å². The van der Waals surface area contributed by atoms with Crippen LogP contribution in [0.2, 0.25) is 0 Å². The molecule has 5 nitrogen and oxygen atoms in total. The van der Waals surface area contributed by atoms with E-state index in [1.807, 2.05) is 0 Å². The Morgan fingerprint density at radius 2 is 0.630 bits per heavy atom. The van der Waals surface area contributed by atoms with Gasteiger partial charge in [-0.05, 0) is 12.8 Å². The second-order valence-corrected chi connectivity index (χ2v) is 17.4. The van der Waals surface area contributed by atoms with E-state index in [-0.39, 0.29) is 18.9 Å². The maximum atomic E-state index is 12.5. The Kier molecular flexibility index (Phi) is 44.5. The summed E-state index contributed by atoms with van der Waals surface area (Å²) in [5.74, 6) is -0.276. The normalized spacial score (nSPS) is 13.4. The summed E-state index contributed by atoms with van der Waals surface area (Å²) in [7, 11) is 0. The number of unbranched alkanes of at least 4 members (excludes halogenated alkanes) is 37. The van der Waals surface area contributed by atoms with Gasteiger partial charge in [-0.2, -0.15) is 0 Å². The molecule has 0 aromatic carbocycles. The number of carbonyl (C=O) groups excluding carboxylic acids is 1. The highest BCUT2D eigenvalue weighted by Gasteiger charge is 2.21. The van der Waals surface area contributed by atoms with Crippen LogP contribution in [0.25, 0.3) is 0 Å². The van der Waals surface area contributed by atoms with Crippen LogP contribution in [0.4, 0.5) is 0 Å². The molecular weight excluding hydrogens is 667 g/mol. The first kappa shape index (κ1) is 53.4. The van der Waals surface area contributed by atoms with E-state index in [0.717, 1.165) is 25.7 Å². The van der Waals surface area contributed by atoms with E-state index in [4.69, 9.17) is 0 Å². The summed E-state index contributed by atoms with van der Waals surface area (Å²) in [5.41, 5.74) is 0. The van der Waals surface area contributed by atoms with Crippen LogP contribution in [-0.2, 0) is 4.79 Å². The molecule has 0 aromatic rings. The summed E-state index contributed by atoms with van der Waals surface area (Å²) in [4.78, 5) is 12.5. The molecule has 0 rings (SSSR count). The van der Waals surface area contributed by atoms with E-state index in [1.165, 1.54) is 225 Å². The van der Waals surface area contributed by atoms with Gasteiger partial charge in [-0.1, -0.05) is 264 Å². The lowest BCUT2D eigenvalue weighted by atomic mass is 10.0. The van der Waals surface area contributed by atoms with Crippen molar-refractivity contribution in [2.75, 3.05) is 6.61 Å². The maximum Gasteiger partial charge on any atom is 0.222 e. The average Bonchev–Trinajstić information content (AvgIpc) is 3.16. The zero-order valence-corrected chi connectivity index (χ0v) is 36.9. The molecule has 0 bridgehead atoms. The number of aliphatic hydroxyl groups excluding tert-OH is 3. The molecule has 5 heteroatoms. The van der Waals surface area contributed by atoms with Crippen LogP contribution in [0.1, 0.15) is 284 Å². The first-order valence-electron chi connectivity index (χ1n) is 24.8. The molecule has 0 spiro atoms. The highest BCUT2D eigenvalue weighted by Crippen LogP contribution is 2.18. The third-order valence-corrected chi connectivity index (χ3v) is 11.9. The third-order valence-electron chi connectivity index (χ3n) is 11.9. The van der Waals surface area contributed by atoms with E-state index >= 15 is 0 Å². The number of hydrogen-bond acceptors (Lipinski definition) is 4. The second-order valence-electron chi connectivity index (χ2n) is 17.4. The molecular formula is C49H99NO4. The van der Waals surface area contributed by atoms with Crippen LogP contribution in [0.5, 0.6) is 0 Å². The minimum absolute atomic E-state index is 0.0431. The van der Waals surface area contributed by atoms with Crippen molar-refractivity contribution in [3.05, 3.63) is 0 Å². The van der Waals surface area contributed by atoms with Gasteiger partial charge >= 0.3 is 0 Å². The number of aliphatic hydroxyl groups is 3. The number of rotatable bonds is 46. The van der Waals surface area contributed by atoms with E-state index < -0.39 is 18.2 Å². The Morgan fingerprint density at radius 3 is 0.889 bits per heavy atom. The first-order chi connectivity index (χ1) is 26.5. The van der Waals surface area contributed by atoms with Crippen LogP contribution in [0.15, 0.2) is 0 Å². The lowest BCUT2D eigenvalue weighted by molar-refractivity contribution is -0.125. The van der Waals surface area contributed by atoms with Crippen molar-refractivity contribution in [3.8, 4) is 0 Å². The zero-order valence-electron chi connectivity index (χ0n) is 36.9. The zero-order chi connectivity index (χ0) is 39.4. The first-order valence-corrected chi connectivity index (χ1v) is 24.8. The molecule has 0 saturated carbocycles. The van der Waals surface area contributed by atoms with E-state index in [2.05, 4.69) is 19.2 Å². The number of hydrogen-bond donors (Lipinski definition) is 4. The SMILES string of the molecule is CCCCCCCCCCCCCCCCCCCCCCCCCC(O)C(CO)NC(=O)CC(O)CCCCCCCCCCCCCCCCCC. The standard InChI is InChI=1S/C49H99NO4/c1-3-5-7-9-11-13-15-17-19-21-22-23-24-25-26-27-29-31-33-35-37-39-41-43-48(53)47(45-51)50-49(54)44-46(52)42-40-38-36-34-32-30-28-20-18-16-14-12-10-8-6-4-2/h46-48,51-53H,3-45H2,1-2H3,(H,50,54). The molecule has 0 aliphatic carbocycles. The second kappa shape index (κ2) is 45.1. The molecule has 0 saturated heterocycles. The molecule has 324 valence electrons. The number of carbonyl (C=O) groups is 1. The van der Waals surface area contributed by atoms with Crippen molar-refractivity contribution in [2.24, 2.45) is 0 Å². The molecule has 0 aliphatic rings. The van der Waals surface area contributed by atoms with E-state index in [9.17, 15) is 20.1 Å². The van der Waals surface area contributed by atoms with Crippen LogP contribution < -0.4 is 5.32 Å². The quantitative estimate of drug-likeness (QED) is 0.0465. The van der Waals surface area contributed by atoms with Gasteiger partial charge in [-0.25, -0.2) is 0 Å². The topological polar surface area (TPSA) is 89.8 Å². The summed E-state index contributed by atoms with van der Waals surface area (Å²) >= 11 is 0. The Hall–Kier alpha value is -0.650. The van der Waals surface area contributed by atoms with Crippen molar-refractivity contribution >= 4 is 5.91 Å². The van der Waals surface area contributed by atoms with Gasteiger partial charge in [0.15, 0.2) is 0 Å². The Morgan fingerprint density at radius 1 is 0.389 bits per heavy atom. The predicted molar refractivity (Wildman–Crippen MR) is 236 cm³/mol. The van der Waals surface area contributed by atoms with Gasteiger partial charge in [0, 0.05) is 0 Å². The van der Waals surface area contributed by atoms with Gasteiger partial charge in [0.2, 0.25) is 5.91 Å². The Balaban J connectivity index is 3.53. The highest BCUT2D eigenvalue weighted by molar-refractivity contribution is 5.76. The van der Waals surface area contributed by atoms with Crippen molar-refractivity contribution in [3.63, 3.8) is 0 Å². The molecule has 0 radical (unpaired) electrons. The van der Waals surface area contributed by atoms with Crippen molar-refractivity contribution in [1.29, 1.82) is 0 Å². The molecule has 3 unspecified atom stereocenters. The Bertz CT molecular complexity index is 718. The molecule has 3 atom stereocenters. The monoisotopic (exact) mass is 766 g/mol. The van der Waals surface area contributed by atoms with Gasteiger partial charge in [-0.15, -0.1) is 0 Å². The highest BCUT2D eigenvalue weighted by atomic mass is 16.3. The Labute approximate surface area is 338 Å². The largest absolute Gasteiger partial charge is 0.394 e. The van der Waals surface area contributed by atoms with Gasteiger partial charge in [-0.3, -0.25) is 4.79 Å². The molecule has 0 fully saturated rings. The van der Waals surface area contributed by atoms with Crippen LogP contribution in [-0.4, -0.2) is 46.1 Å². The van der Waals surface area contributed by atoms with Crippen LogP contribution in [0.3, 0.4) is 0 Å². The molecule has 0 heterocycles. The summed E-state index contributed by atoms with van der Waals surface area (Å²) in [6, 6.07) is -0.653. The van der Waals surface area contributed by atoms with E-state index in [0.29, 0.717) is 12.8 Å². The summed E-state index contributed by atoms with van der Waals surface area (Å²) in [6.45, 7) is 4.29. The van der Waals surface area contributed by atoms with Gasteiger partial charge in [0.25, 0.3) is 0 Å². The smallest absolute Gasteiger partial charge is 0.222 e. The molecule has 0 aliphatic heterocycles. The minimum atomic E-state index is -0.744. The van der Waals surface area contributed by atoms with Gasteiger partial charge in [0.05, 0.1) is 31.3 Å². The minimum Gasteiger partial charge on any atom is -0.394 e. The van der Waals surface area contributed by atoms with Gasteiger partial charge in [0.1, 0.15) is 0 Å². The van der Waals surface area contributed by atoms with Crippen LogP contribution in [0, 0.1) is 0 Å². The maximum absolute atomic E-state index is 12.5. The lowest BCUT2D eigenvalue weighted by Gasteiger charge is -2.23. The predicted octanol–water partition coefficient (Wildman–Crippen LogP) is 14.6. The average molecular weight is 766 g/mol. The van der Waals surface area contributed by atoms with E-state index in [1.54, 1.807) is 0 Å². The number of amides is 1. The van der Waals surface area contributed by atoms with Crippen molar-refractivity contribution < 1.29 is 20.1 Å². The summed E-state index contributed by atoms with van der Waals surface area (Å²) in [6.07, 6.45) is 52.3. The lowest BCUT2D eigenvalue weighted by Crippen LogP contribution is -2.46. The molecule has 54 heavy (non-hydrogen) atoms. The number of nitrogens with one attached hydrogen (secondary N) is 1. The van der Waals surface area contributed by atoms with Gasteiger partial charge < -0.3 is 20.6 Å². The third kappa shape index (κ3) is 41.0. The molecule has 0 aromatic heterocycles. The summed E-state index contributed by atoms with van der Waals surface area (Å²) < 4.78 is 0. The fraction of sp³-hybridized carbons (Fsp3) is 0.980. The summed E-state index contributed by atoms with van der Waals surface area (Å²) in [5, 5.41) is 33.5. The van der Waals surface area contributed by atoms with Crippen LogP contribution >= 0.6 is 0 Å². The fourth-order valence-corrected chi connectivity index (χ4v) is 8.11. The molecule has 1 amide bonds. The fourth-order valence-electron chi connectivity index (χ4n) is 8.11.